The molecule has 1 aromatic heterocycles. The average molecular weight is 697 g/mol. The normalized spacial score (nSPS) is 20.7. The molecule has 2 fully saturated rings. The van der Waals surface area contributed by atoms with Crippen molar-refractivity contribution in [1.82, 2.24) is 14.9 Å². The summed E-state index contributed by atoms with van der Waals surface area (Å²) in [6.45, 7) is 26.1. The zero-order chi connectivity index (χ0) is 37.6. The van der Waals surface area contributed by atoms with Crippen LogP contribution in [0.5, 0.6) is 0 Å². The van der Waals surface area contributed by atoms with Gasteiger partial charge in [-0.15, -0.1) is 0 Å². The highest BCUT2D eigenvalue weighted by Crippen LogP contribution is 2.37. The highest BCUT2D eigenvalue weighted by molar-refractivity contribution is 6.62. The number of hydrogen-bond donors (Lipinski definition) is 0. The van der Waals surface area contributed by atoms with Crippen molar-refractivity contribution in [3.8, 4) is 0 Å². The summed E-state index contributed by atoms with van der Waals surface area (Å²) in [5.41, 5.74) is -0.775. The molecule has 1 aliphatic heterocycles. The van der Waals surface area contributed by atoms with Crippen molar-refractivity contribution in [2.24, 2.45) is 0 Å². The lowest BCUT2D eigenvalue weighted by atomic mass is 9.77. The summed E-state index contributed by atoms with van der Waals surface area (Å²) in [4.78, 5) is 52.8. The largest absolute Gasteiger partial charge is 0.494 e. The Kier molecular flexibility index (Phi) is 11.0. The van der Waals surface area contributed by atoms with Crippen LogP contribution in [-0.2, 0) is 29.9 Å². The molecule has 50 heavy (non-hydrogen) atoms. The Morgan fingerprint density at radius 1 is 0.780 bits per heavy atom. The minimum absolute atomic E-state index is 0.226. The standard InChI is InChI=1S/C37H57BN4O8/c1-15-23-20-25(38-49-36(11,12)37(13,14)50-38)21-24-22-39-29(40-28(23)24)41(30(43)46-33(2,3)4)26-16-18-27(19-17-26)42(31(44)47-34(5,6)7)32(45)48-35(8,9)10/h20-22,26-27H,15-19H2,1-14H3. The Labute approximate surface area is 298 Å². The summed E-state index contributed by atoms with van der Waals surface area (Å²) in [5, 5.41) is 0.802. The number of aromatic nitrogens is 2. The third kappa shape index (κ3) is 9.26. The van der Waals surface area contributed by atoms with Gasteiger partial charge in [-0.25, -0.2) is 34.2 Å². The highest BCUT2D eigenvalue weighted by Gasteiger charge is 2.52. The number of hydrogen-bond acceptors (Lipinski definition) is 10. The number of nitrogens with zero attached hydrogens (tertiary/aromatic N) is 4. The van der Waals surface area contributed by atoms with E-state index >= 15 is 0 Å². The number of anilines is 1. The number of carbonyl (C=O) groups is 3. The van der Waals surface area contributed by atoms with E-state index in [0.717, 1.165) is 26.8 Å². The molecule has 12 nitrogen and oxygen atoms in total. The van der Waals surface area contributed by atoms with Gasteiger partial charge in [0, 0.05) is 23.7 Å². The molecule has 13 heteroatoms. The third-order valence-corrected chi connectivity index (χ3v) is 9.06. The van der Waals surface area contributed by atoms with Crippen molar-refractivity contribution in [3.05, 3.63) is 23.9 Å². The second-order valence-corrected chi connectivity index (χ2v) is 17.4. The predicted molar refractivity (Wildman–Crippen MR) is 194 cm³/mol. The van der Waals surface area contributed by atoms with Crippen LogP contribution >= 0.6 is 0 Å². The van der Waals surface area contributed by atoms with Gasteiger partial charge in [-0.1, -0.05) is 19.1 Å². The molecule has 2 heterocycles. The quantitative estimate of drug-likeness (QED) is 0.226. The molecule has 2 aliphatic rings. The summed E-state index contributed by atoms with van der Waals surface area (Å²) in [7, 11) is -0.538. The van der Waals surface area contributed by atoms with Gasteiger partial charge in [-0.2, -0.15) is 0 Å². The van der Waals surface area contributed by atoms with Crippen molar-refractivity contribution in [2.45, 2.75) is 169 Å². The minimum Gasteiger partial charge on any atom is -0.443 e. The zero-order valence-corrected chi connectivity index (χ0v) is 32.6. The molecular weight excluding hydrogens is 639 g/mol. The molecule has 0 spiro atoms. The molecule has 2 aromatic rings. The highest BCUT2D eigenvalue weighted by atomic mass is 16.7. The fourth-order valence-electron chi connectivity index (χ4n) is 6.01. The molecule has 1 saturated carbocycles. The summed E-state index contributed by atoms with van der Waals surface area (Å²) in [6, 6.07) is 3.18. The van der Waals surface area contributed by atoms with E-state index in [1.165, 1.54) is 4.90 Å². The number of carbonyl (C=O) groups excluding carboxylic acids is 3. The first kappa shape index (κ1) is 39.3. The molecule has 4 rings (SSSR count). The van der Waals surface area contributed by atoms with Gasteiger partial charge in [-0.05, 0) is 133 Å². The number of aryl methyl sites for hydroxylation is 1. The van der Waals surface area contributed by atoms with Crippen LogP contribution in [0.2, 0.25) is 0 Å². The van der Waals surface area contributed by atoms with Gasteiger partial charge in [0.2, 0.25) is 5.95 Å². The second kappa shape index (κ2) is 13.9. The molecule has 0 radical (unpaired) electrons. The molecule has 1 aliphatic carbocycles. The van der Waals surface area contributed by atoms with Crippen molar-refractivity contribution < 1.29 is 37.9 Å². The van der Waals surface area contributed by atoms with E-state index in [-0.39, 0.29) is 12.0 Å². The first-order valence-corrected chi connectivity index (χ1v) is 17.7. The Balaban J connectivity index is 1.66. The second-order valence-electron chi connectivity index (χ2n) is 17.4. The number of imide groups is 1. The van der Waals surface area contributed by atoms with E-state index in [2.05, 4.69) is 6.92 Å². The smallest absolute Gasteiger partial charge is 0.443 e. The molecule has 0 unspecified atom stereocenters. The van der Waals surface area contributed by atoms with Gasteiger partial charge in [-0.3, -0.25) is 0 Å². The molecule has 1 saturated heterocycles. The number of ether oxygens (including phenoxy) is 3. The van der Waals surface area contributed by atoms with Gasteiger partial charge >= 0.3 is 25.4 Å². The van der Waals surface area contributed by atoms with Crippen molar-refractivity contribution in [3.63, 3.8) is 0 Å². The van der Waals surface area contributed by atoms with Crippen LogP contribution in [-0.4, -0.2) is 80.4 Å². The monoisotopic (exact) mass is 696 g/mol. The van der Waals surface area contributed by atoms with Crippen LogP contribution < -0.4 is 10.4 Å². The molecule has 1 aromatic carbocycles. The van der Waals surface area contributed by atoms with Crippen LogP contribution in [0.3, 0.4) is 0 Å². The third-order valence-electron chi connectivity index (χ3n) is 9.06. The van der Waals surface area contributed by atoms with E-state index in [9.17, 15) is 14.4 Å². The van der Waals surface area contributed by atoms with Crippen LogP contribution in [0, 0.1) is 0 Å². The van der Waals surface area contributed by atoms with Crippen LogP contribution in [0.25, 0.3) is 10.9 Å². The SMILES string of the molecule is CCc1cc(B2OC(C)(C)C(C)(C)O2)cc2cnc(N(C(=O)OC(C)(C)C)C3CCC(N(C(=O)OC(C)(C)C)C(=O)OC(C)(C)C)CC3)nc12. The molecule has 0 atom stereocenters. The molecule has 3 amide bonds. The predicted octanol–water partition coefficient (Wildman–Crippen LogP) is 7.72. The topological polar surface area (TPSA) is 130 Å². The van der Waals surface area contributed by atoms with E-state index in [4.69, 9.17) is 33.5 Å². The van der Waals surface area contributed by atoms with Crippen LogP contribution in [0.4, 0.5) is 20.3 Å². The van der Waals surface area contributed by atoms with E-state index in [1.807, 2.05) is 60.6 Å². The molecule has 276 valence electrons. The first-order valence-electron chi connectivity index (χ1n) is 17.7. The lowest BCUT2D eigenvalue weighted by Crippen LogP contribution is -2.52. The van der Waals surface area contributed by atoms with Crippen LogP contribution in [0.1, 0.15) is 128 Å². The van der Waals surface area contributed by atoms with E-state index in [1.54, 1.807) is 47.7 Å². The molecular formula is C37H57BN4O8. The first-order chi connectivity index (χ1) is 22.8. The van der Waals surface area contributed by atoms with Gasteiger partial charge < -0.3 is 23.5 Å². The zero-order valence-electron chi connectivity index (χ0n) is 32.6. The van der Waals surface area contributed by atoms with E-state index in [0.29, 0.717) is 32.1 Å². The summed E-state index contributed by atoms with van der Waals surface area (Å²) < 4.78 is 29.8. The van der Waals surface area contributed by atoms with Crippen molar-refractivity contribution >= 4 is 47.7 Å². The maximum Gasteiger partial charge on any atom is 0.494 e. The Hall–Kier alpha value is -3.45. The summed E-state index contributed by atoms with van der Waals surface area (Å²) in [6.07, 6.45) is 2.05. The number of rotatable bonds is 5. The Morgan fingerprint density at radius 3 is 1.70 bits per heavy atom. The number of benzene rings is 1. The minimum atomic E-state index is -0.808. The Bertz CT molecular complexity index is 1540. The average Bonchev–Trinajstić information content (AvgIpc) is 3.16. The molecule has 0 bridgehead atoms. The fourth-order valence-corrected chi connectivity index (χ4v) is 6.01. The number of amides is 3. The Morgan fingerprint density at radius 2 is 1.24 bits per heavy atom. The van der Waals surface area contributed by atoms with Crippen LogP contribution in [0.15, 0.2) is 18.3 Å². The number of fused-ring (bicyclic) bond motifs is 1. The van der Waals surface area contributed by atoms with Gasteiger partial charge in [0.15, 0.2) is 0 Å². The van der Waals surface area contributed by atoms with E-state index < -0.39 is 59.4 Å². The van der Waals surface area contributed by atoms with Gasteiger partial charge in [0.1, 0.15) is 16.8 Å². The lowest BCUT2D eigenvalue weighted by molar-refractivity contribution is -0.0115. The maximum absolute atomic E-state index is 13.9. The van der Waals surface area contributed by atoms with Crippen molar-refractivity contribution in [2.75, 3.05) is 4.90 Å². The molecule has 0 N–H and O–H groups in total. The van der Waals surface area contributed by atoms with Crippen molar-refractivity contribution in [1.29, 1.82) is 0 Å². The van der Waals surface area contributed by atoms with Gasteiger partial charge in [0.05, 0.1) is 16.7 Å². The summed E-state index contributed by atoms with van der Waals surface area (Å²) >= 11 is 0. The van der Waals surface area contributed by atoms with Gasteiger partial charge in [0.25, 0.3) is 0 Å². The maximum atomic E-state index is 13.9. The lowest BCUT2D eigenvalue weighted by Gasteiger charge is -2.39. The summed E-state index contributed by atoms with van der Waals surface area (Å²) in [5.74, 6) is 0.226. The fraction of sp³-hybridized carbons (Fsp3) is 0.703.